The van der Waals surface area contributed by atoms with E-state index in [-0.39, 0.29) is 5.92 Å². The normalized spacial score (nSPS) is 10.9. The van der Waals surface area contributed by atoms with Gasteiger partial charge in [0, 0.05) is 18.8 Å². The number of carbonyl (C=O) groups is 1. The largest absolute Gasteiger partial charge is 0.478 e. The molecule has 0 saturated heterocycles. The van der Waals surface area contributed by atoms with Crippen molar-refractivity contribution < 1.29 is 9.90 Å². The molecule has 2 rings (SSSR count). The van der Waals surface area contributed by atoms with Crippen molar-refractivity contribution in [2.45, 2.75) is 19.8 Å². The Hall–Kier alpha value is -2.10. The van der Waals surface area contributed by atoms with Crippen LogP contribution in [0, 0.1) is 0 Å². The number of aromatic nitrogens is 2. The molecule has 4 nitrogen and oxygen atoms in total. The Morgan fingerprint density at radius 3 is 2.56 bits per heavy atom. The topological polar surface area (TPSA) is 55.1 Å². The molecule has 1 aromatic carbocycles. The van der Waals surface area contributed by atoms with Gasteiger partial charge in [-0.2, -0.15) is 5.10 Å². The number of aromatic carboxylic acids is 1. The fraction of sp³-hybridized carbons (Fsp3) is 0.286. The van der Waals surface area contributed by atoms with Crippen LogP contribution in [0.4, 0.5) is 0 Å². The van der Waals surface area contributed by atoms with E-state index in [1.54, 1.807) is 16.8 Å². The minimum Gasteiger partial charge on any atom is -0.478 e. The Bertz CT molecular complexity index is 585. The van der Waals surface area contributed by atoms with Crippen LogP contribution in [-0.2, 0) is 7.05 Å². The fourth-order valence-corrected chi connectivity index (χ4v) is 2.04. The minimum absolute atomic E-state index is 0.253. The molecular weight excluding hydrogens is 228 g/mol. The van der Waals surface area contributed by atoms with Gasteiger partial charge in [-0.05, 0) is 17.5 Å². The Labute approximate surface area is 106 Å². The fourth-order valence-electron chi connectivity index (χ4n) is 2.04. The number of carboxylic acid groups (broad SMARTS) is 1. The van der Waals surface area contributed by atoms with Gasteiger partial charge in [0.05, 0.1) is 11.3 Å². The summed E-state index contributed by atoms with van der Waals surface area (Å²) >= 11 is 0. The molecule has 0 saturated carbocycles. The standard InChI is InChI=1S/C14H16N2O2/c1-9(2)13-12(8-16(3)15-13)10-6-4-5-7-11(10)14(17)18/h4-9H,1-3H3,(H,17,18). The van der Waals surface area contributed by atoms with Crippen molar-refractivity contribution in [3.05, 3.63) is 41.7 Å². The monoisotopic (exact) mass is 244 g/mol. The lowest BCUT2D eigenvalue weighted by Crippen LogP contribution is -2.00. The Kier molecular flexibility index (Phi) is 3.19. The highest BCUT2D eigenvalue weighted by molar-refractivity contribution is 5.96. The first kappa shape index (κ1) is 12.4. The van der Waals surface area contributed by atoms with Crippen LogP contribution in [0.15, 0.2) is 30.5 Å². The summed E-state index contributed by atoms with van der Waals surface area (Å²) in [5.41, 5.74) is 2.85. The summed E-state index contributed by atoms with van der Waals surface area (Å²) in [7, 11) is 1.85. The van der Waals surface area contributed by atoms with Gasteiger partial charge in [0.25, 0.3) is 0 Å². The molecule has 0 bridgehead atoms. The zero-order chi connectivity index (χ0) is 13.3. The maximum Gasteiger partial charge on any atom is 0.336 e. The molecule has 18 heavy (non-hydrogen) atoms. The second-order valence-electron chi connectivity index (χ2n) is 4.61. The third kappa shape index (κ3) is 2.14. The van der Waals surface area contributed by atoms with E-state index < -0.39 is 5.97 Å². The number of hydrogen-bond acceptors (Lipinski definition) is 2. The molecule has 0 amide bonds. The van der Waals surface area contributed by atoms with Crippen molar-refractivity contribution in [1.29, 1.82) is 0 Å². The highest BCUT2D eigenvalue weighted by Crippen LogP contribution is 2.30. The van der Waals surface area contributed by atoms with E-state index in [2.05, 4.69) is 18.9 Å². The molecule has 0 aliphatic rings. The van der Waals surface area contributed by atoms with Gasteiger partial charge < -0.3 is 5.11 Å². The molecule has 0 atom stereocenters. The quantitative estimate of drug-likeness (QED) is 0.903. The van der Waals surface area contributed by atoms with E-state index in [1.807, 2.05) is 25.4 Å². The molecule has 0 aliphatic heterocycles. The summed E-state index contributed by atoms with van der Waals surface area (Å²) in [4.78, 5) is 11.3. The van der Waals surface area contributed by atoms with Crippen LogP contribution in [0.25, 0.3) is 11.1 Å². The van der Waals surface area contributed by atoms with E-state index in [0.29, 0.717) is 5.56 Å². The van der Waals surface area contributed by atoms with E-state index >= 15 is 0 Å². The van der Waals surface area contributed by atoms with E-state index in [0.717, 1.165) is 16.8 Å². The van der Waals surface area contributed by atoms with Crippen LogP contribution in [0.5, 0.6) is 0 Å². The minimum atomic E-state index is -0.913. The van der Waals surface area contributed by atoms with Crippen molar-refractivity contribution in [3.63, 3.8) is 0 Å². The van der Waals surface area contributed by atoms with E-state index in [9.17, 15) is 9.90 Å². The first-order chi connectivity index (χ1) is 8.50. The number of carboxylic acids is 1. The van der Waals surface area contributed by atoms with E-state index in [1.165, 1.54) is 0 Å². The molecule has 0 radical (unpaired) electrons. The summed E-state index contributed by atoms with van der Waals surface area (Å²) < 4.78 is 1.73. The van der Waals surface area contributed by atoms with Crippen LogP contribution in [0.3, 0.4) is 0 Å². The summed E-state index contributed by atoms with van der Waals surface area (Å²) in [6.07, 6.45) is 1.87. The summed E-state index contributed by atoms with van der Waals surface area (Å²) in [6, 6.07) is 7.03. The molecule has 4 heteroatoms. The summed E-state index contributed by atoms with van der Waals surface area (Å²) in [6.45, 7) is 4.10. The smallest absolute Gasteiger partial charge is 0.336 e. The lowest BCUT2D eigenvalue weighted by Gasteiger charge is -2.08. The molecule has 0 fully saturated rings. The molecule has 0 unspecified atom stereocenters. The van der Waals surface area contributed by atoms with Gasteiger partial charge in [0.15, 0.2) is 0 Å². The predicted molar refractivity (Wildman–Crippen MR) is 69.7 cm³/mol. The van der Waals surface area contributed by atoms with Crippen molar-refractivity contribution >= 4 is 5.97 Å². The Morgan fingerprint density at radius 1 is 1.28 bits per heavy atom. The van der Waals surface area contributed by atoms with Crippen LogP contribution < -0.4 is 0 Å². The zero-order valence-electron chi connectivity index (χ0n) is 10.7. The van der Waals surface area contributed by atoms with Crippen LogP contribution in [0.2, 0.25) is 0 Å². The van der Waals surface area contributed by atoms with Crippen molar-refractivity contribution in [2.24, 2.45) is 7.05 Å². The molecule has 0 aliphatic carbocycles. The lowest BCUT2D eigenvalue weighted by molar-refractivity contribution is 0.0697. The second-order valence-corrected chi connectivity index (χ2v) is 4.61. The highest BCUT2D eigenvalue weighted by atomic mass is 16.4. The average molecular weight is 244 g/mol. The number of nitrogens with zero attached hydrogens (tertiary/aromatic N) is 2. The van der Waals surface area contributed by atoms with Crippen molar-refractivity contribution in [1.82, 2.24) is 9.78 Å². The third-order valence-electron chi connectivity index (χ3n) is 2.85. The summed E-state index contributed by atoms with van der Waals surface area (Å²) in [5.74, 6) is -0.660. The van der Waals surface area contributed by atoms with Gasteiger partial charge in [-0.1, -0.05) is 32.0 Å². The molecule has 1 N–H and O–H groups in total. The molecule has 1 heterocycles. The third-order valence-corrected chi connectivity index (χ3v) is 2.85. The van der Waals surface area contributed by atoms with E-state index in [4.69, 9.17) is 0 Å². The maximum atomic E-state index is 11.3. The SMILES string of the molecule is CC(C)c1nn(C)cc1-c1ccccc1C(=O)O. The first-order valence-corrected chi connectivity index (χ1v) is 5.87. The molecule has 1 aromatic heterocycles. The van der Waals surface area contributed by atoms with Crippen LogP contribution >= 0.6 is 0 Å². The second kappa shape index (κ2) is 4.64. The Morgan fingerprint density at radius 2 is 1.94 bits per heavy atom. The molecule has 2 aromatic rings. The van der Waals surface area contributed by atoms with Gasteiger partial charge >= 0.3 is 5.97 Å². The average Bonchev–Trinajstić information content (AvgIpc) is 2.71. The van der Waals surface area contributed by atoms with Crippen LogP contribution in [0.1, 0.15) is 35.8 Å². The van der Waals surface area contributed by atoms with Crippen molar-refractivity contribution in [2.75, 3.05) is 0 Å². The molecule has 0 spiro atoms. The number of rotatable bonds is 3. The number of benzene rings is 1. The van der Waals surface area contributed by atoms with Gasteiger partial charge in [-0.3, -0.25) is 4.68 Å². The Balaban J connectivity index is 2.65. The zero-order valence-corrected chi connectivity index (χ0v) is 10.7. The number of aryl methyl sites for hydroxylation is 1. The van der Waals surface area contributed by atoms with Gasteiger partial charge in [0.1, 0.15) is 0 Å². The predicted octanol–water partition coefficient (Wildman–Crippen LogP) is 2.91. The van der Waals surface area contributed by atoms with Gasteiger partial charge in [-0.25, -0.2) is 4.79 Å². The first-order valence-electron chi connectivity index (χ1n) is 5.87. The number of hydrogen-bond donors (Lipinski definition) is 1. The highest BCUT2D eigenvalue weighted by Gasteiger charge is 2.18. The lowest BCUT2D eigenvalue weighted by atomic mass is 9.96. The van der Waals surface area contributed by atoms with Crippen LogP contribution in [-0.4, -0.2) is 20.9 Å². The molecule has 94 valence electrons. The van der Waals surface area contributed by atoms with Crippen molar-refractivity contribution in [3.8, 4) is 11.1 Å². The van der Waals surface area contributed by atoms with Gasteiger partial charge in [0.2, 0.25) is 0 Å². The molecular formula is C14H16N2O2. The van der Waals surface area contributed by atoms with Gasteiger partial charge in [-0.15, -0.1) is 0 Å². The maximum absolute atomic E-state index is 11.3. The summed E-state index contributed by atoms with van der Waals surface area (Å²) in [5, 5.41) is 13.6.